The van der Waals surface area contributed by atoms with Gasteiger partial charge in [0.25, 0.3) is 0 Å². The summed E-state index contributed by atoms with van der Waals surface area (Å²) in [5, 5.41) is 0. The average Bonchev–Trinajstić information content (AvgIpc) is 2.53. The minimum atomic E-state index is -3.24. The molecule has 2 saturated heterocycles. The van der Waals surface area contributed by atoms with E-state index in [1.54, 1.807) is 0 Å². The smallest absolute Gasteiger partial charge is 0.209 e. The molecule has 2 aliphatic rings. The number of likely N-dealkylation sites (tertiary alicyclic amines) is 1. The minimum Gasteiger partial charge on any atom is -0.380 e. The van der Waals surface area contributed by atoms with E-state index in [2.05, 4.69) is 9.62 Å². The van der Waals surface area contributed by atoms with Crippen molar-refractivity contribution in [1.82, 2.24) is 9.62 Å². The lowest BCUT2D eigenvalue weighted by Gasteiger charge is -2.48. The van der Waals surface area contributed by atoms with Gasteiger partial charge in [-0.3, -0.25) is 4.90 Å². The lowest BCUT2D eigenvalue weighted by Crippen LogP contribution is -2.57. The number of nitrogens with one attached hydrogen (secondary N) is 1. The number of benzene rings is 1. The van der Waals surface area contributed by atoms with Crippen LogP contribution in [0.15, 0.2) is 24.3 Å². The number of nitrogens with zero attached hydrogens (tertiary/aromatic N) is 1. The zero-order valence-electron chi connectivity index (χ0n) is 14.0. The Hall–Kier alpha value is -1.02. The standard InChI is InChI=1S/C17H25FN2O3S/c1-24(21,22)19-16-13-23-11-8-17(16)6-9-20(10-7-17)12-14-2-4-15(18)5-3-14/h2-5,16,19H,6-13H2,1H3/t16-/m1/s1. The molecule has 3 rings (SSSR count). The molecule has 1 N–H and O–H groups in total. The number of piperidine rings is 1. The van der Waals surface area contributed by atoms with E-state index in [9.17, 15) is 12.8 Å². The average molecular weight is 356 g/mol. The van der Waals surface area contributed by atoms with Crippen LogP contribution in [0.2, 0.25) is 0 Å². The van der Waals surface area contributed by atoms with Gasteiger partial charge in [0.1, 0.15) is 5.82 Å². The van der Waals surface area contributed by atoms with Crippen molar-refractivity contribution in [2.24, 2.45) is 5.41 Å². The Morgan fingerprint density at radius 1 is 1.25 bits per heavy atom. The lowest BCUT2D eigenvalue weighted by atomic mass is 9.69. The summed E-state index contributed by atoms with van der Waals surface area (Å²) < 4.78 is 44.6. The monoisotopic (exact) mass is 356 g/mol. The van der Waals surface area contributed by atoms with Crippen LogP contribution in [-0.4, -0.2) is 51.9 Å². The molecule has 0 unspecified atom stereocenters. The molecule has 134 valence electrons. The zero-order chi connectivity index (χ0) is 17.2. The van der Waals surface area contributed by atoms with Crippen LogP contribution in [0.4, 0.5) is 4.39 Å². The van der Waals surface area contributed by atoms with Crippen molar-refractivity contribution in [1.29, 1.82) is 0 Å². The van der Waals surface area contributed by atoms with Gasteiger partial charge in [0.15, 0.2) is 0 Å². The summed E-state index contributed by atoms with van der Waals surface area (Å²) in [5.41, 5.74) is 1.09. The topological polar surface area (TPSA) is 58.6 Å². The summed E-state index contributed by atoms with van der Waals surface area (Å²) in [7, 11) is -3.24. The van der Waals surface area contributed by atoms with E-state index in [1.165, 1.54) is 18.4 Å². The van der Waals surface area contributed by atoms with E-state index >= 15 is 0 Å². The van der Waals surface area contributed by atoms with E-state index in [0.717, 1.165) is 44.5 Å². The number of halogens is 1. The van der Waals surface area contributed by atoms with Crippen LogP contribution in [0.3, 0.4) is 0 Å². The van der Waals surface area contributed by atoms with E-state index in [1.807, 2.05) is 12.1 Å². The fourth-order valence-electron chi connectivity index (χ4n) is 3.85. The van der Waals surface area contributed by atoms with E-state index in [0.29, 0.717) is 13.2 Å². The Bertz CT molecular complexity index is 655. The highest BCUT2D eigenvalue weighted by molar-refractivity contribution is 7.88. The second-order valence-corrected chi connectivity index (χ2v) is 8.81. The highest BCUT2D eigenvalue weighted by atomic mass is 32.2. The molecular weight excluding hydrogens is 331 g/mol. The van der Waals surface area contributed by atoms with Crippen LogP contribution in [0.25, 0.3) is 0 Å². The van der Waals surface area contributed by atoms with Gasteiger partial charge in [0.05, 0.1) is 18.9 Å². The molecule has 0 aliphatic carbocycles. The van der Waals surface area contributed by atoms with Crippen LogP contribution >= 0.6 is 0 Å². The lowest BCUT2D eigenvalue weighted by molar-refractivity contribution is -0.0445. The number of ether oxygens (including phenoxy) is 1. The number of sulfonamides is 1. The molecule has 2 fully saturated rings. The van der Waals surface area contributed by atoms with Gasteiger partial charge in [-0.1, -0.05) is 12.1 Å². The Kier molecular flexibility index (Phi) is 5.24. The summed E-state index contributed by atoms with van der Waals surface area (Å²) in [5.74, 6) is -0.215. The van der Waals surface area contributed by atoms with Gasteiger partial charge in [-0.2, -0.15) is 0 Å². The Labute approximate surface area is 143 Å². The van der Waals surface area contributed by atoms with Crippen molar-refractivity contribution in [2.75, 3.05) is 32.6 Å². The molecule has 0 bridgehead atoms. The first-order valence-corrected chi connectivity index (χ1v) is 10.3. The Balaban J connectivity index is 1.62. The largest absolute Gasteiger partial charge is 0.380 e. The van der Waals surface area contributed by atoms with Crippen molar-refractivity contribution in [3.63, 3.8) is 0 Å². The molecule has 1 atom stereocenters. The van der Waals surface area contributed by atoms with Gasteiger partial charge in [-0.05, 0) is 55.5 Å². The van der Waals surface area contributed by atoms with Crippen molar-refractivity contribution in [3.8, 4) is 0 Å². The van der Waals surface area contributed by atoms with Crippen LogP contribution in [0.5, 0.6) is 0 Å². The van der Waals surface area contributed by atoms with Gasteiger partial charge in [-0.15, -0.1) is 0 Å². The molecule has 1 spiro atoms. The molecule has 0 radical (unpaired) electrons. The molecule has 2 heterocycles. The number of hydrogen-bond acceptors (Lipinski definition) is 4. The maximum absolute atomic E-state index is 13.0. The number of rotatable bonds is 4. The third kappa shape index (κ3) is 4.33. The van der Waals surface area contributed by atoms with Crippen molar-refractivity contribution >= 4 is 10.0 Å². The fourth-order valence-corrected chi connectivity index (χ4v) is 4.68. The summed E-state index contributed by atoms with van der Waals surface area (Å²) in [6.45, 7) is 3.78. The summed E-state index contributed by atoms with van der Waals surface area (Å²) in [6, 6.07) is 6.48. The molecule has 0 aromatic heterocycles. The minimum absolute atomic E-state index is 0.0133. The molecule has 1 aromatic rings. The first kappa shape index (κ1) is 17.8. The fraction of sp³-hybridized carbons (Fsp3) is 0.647. The number of hydrogen-bond donors (Lipinski definition) is 1. The predicted octanol–water partition coefficient (Wildman–Crippen LogP) is 1.75. The SMILES string of the molecule is CS(=O)(=O)N[C@@H]1COCCC12CCN(Cc1ccc(F)cc1)CC2. The first-order valence-electron chi connectivity index (χ1n) is 8.38. The highest BCUT2D eigenvalue weighted by Gasteiger charge is 2.44. The maximum Gasteiger partial charge on any atom is 0.209 e. The van der Waals surface area contributed by atoms with Gasteiger partial charge in [0.2, 0.25) is 10.0 Å². The Morgan fingerprint density at radius 3 is 2.54 bits per heavy atom. The molecule has 7 heteroatoms. The molecule has 1 aromatic carbocycles. The normalized spacial score (nSPS) is 25.0. The predicted molar refractivity (Wildman–Crippen MR) is 90.5 cm³/mol. The van der Waals surface area contributed by atoms with E-state index in [-0.39, 0.29) is 17.3 Å². The van der Waals surface area contributed by atoms with Crippen molar-refractivity contribution in [2.45, 2.75) is 31.8 Å². The third-order valence-corrected chi connectivity index (χ3v) is 6.01. The molecule has 0 saturated carbocycles. The van der Waals surface area contributed by atoms with Crippen LogP contribution < -0.4 is 4.72 Å². The summed E-state index contributed by atoms with van der Waals surface area (Å²) >= 11 is 0. The second kappa shape index (κ2) is 7.07. The van der Waals surface area contributed by atoms with Crippen molar-refractivity contribution < 1.29 is 17.5 Å². The summed E-state index contributed by atoms with van der Waals surface area (Å²) in [4.78, 5) is 2.35. The maximum atomic E-state index is 13.0. The van der Waals surface area contributed by atoms with E-state index in [4.69, 9.17) is 4.74 Å². The molecular formula is C17H25FN2O3S. The van der Waals surface area contributed by atoms with Crippen LogP contribution in [-0.2, 0) is 21.3 Å². The second-order valence-electron chi connectivity index (χ2n) is 7.03. The molecule has 24 heavy (non-hydrogen) atoms. The molecule has 5 nitrogen and oxygen atoms in total. The quantitative estimate of drug-likeness (QED) is 0.893. The molecule has 2 aliphatic heterocycles. The van der Waals surface area contributed by atoms with Gasteiger partial charge >= 0.3 is 0 Å². The highest BCUT2D eigenvalue weighted by Crippen LogP contribution is 2.41. The first-order chi connectivity index (χ1) is 11.4. The van der Waals surface area contributed by atoms with Gasteiger partial charge in [-0.25, -0.2) is 17.5 Å². The van der Waals surface area contributed by atoms with Crippen LogP contribution in [0.1, 0.15) is 24.8 Å². The van der Waals surface area contributed by atoms with E-state index < -0.39 is 10.0 Å². The molecule has 0 amide bonds. The van der Waals surface area contributed by atoms with Crippen LogP contribution in [0, 0.1) is 11.2 Å². The third-order valence-electron chi connectivity index (χ3n) is 5.30. The summed E-state index contributed by atoms with van der Waals surface area (Å²) in [6.07, 6.45) is 4.00. The van der Waals surface area contributed by atoms with Gasteiger partial charge in [0, 0.05) is 13.2 Å². The zero-order valence-corrected chi connectivity index (χ0v) is 14.8. The van der Waals surface area contributed by atoms with Crippen molar-refractivity contribution in [3.05, 3.63) is 35.6 Å². The Morgan fingerprint density at radius 2 is 1.92 bits per heavy atom. The van der Waals surface area contributed by atoms with Gasteiger partial charge < -0.3 is 4.74 Å².